The van der Waals surface area contributed by atoms with Gasteiger partial charge in [-0.15, -0.1) is 24.0 Å². The number of aryl methyl sites for hydroxylation is 1. The normalized spacial score (nSPS) is 11.0. The fourth-order valence-corrected chi connectivity index (χ4v) is 2.65. The molecule has 0 saturated heterocycles. The number of carbonyl (C=O) groups excluding carboxylic acids is 1. The molecular formula is C21H26F3IN4O2. The van der Waals surface area contributed by atoms with E-state index >= 15 is 0 Å². The van der Waals surface area contributed by atoms with Gasteiger partial charge in [0, 0.05) is 25.2 Å². The molecule has 2 aromatic rings. The summed E-state index contributed by atoms with van der Waals surface area (Å²) >= 11 is 0. The van der Waals surface area contributed by atoms with E-state index in [1.165, 1.54) is 24.3 Å². The lowest BCUT2D eigenvalue weighted by molar-refractivity contribution is -0.0504. The number of ether oxygens (including phenoxy) is 1. The highest BCUT2D eigenvalue weighted by Gasteiger charge is 2.11. The van der Waals surface area contributed by atoms with E-state index in [1.807, 2.05) is 13.8 Å². The zero-order chi connectivity index (χ0) is 21.9. The van der Waals surface area contributed by atoms with Gasteiger partial charge in [-0.1, -0.05) is 29.8 Å². The van der Waals surface area contributed by atoms with Crippen molar-refractivity contribution < 1.29 is 22.7 Å². The lowest BCUT2D eigenvalue weighted by atomic mass is 10.1. The van der Waals surface area contributed by atoms with Gasteiger partial charge in [0.1, 0.15) is 11.6 Å². The number of hydrogen-bond donors (Lipinski definition) is 3. The number of aliphatic imine (C=N–C) groups is 1. The fraction of sp³-hybridized carbons (Fsp3) is 0.333. The Hall–Kier alpha value is -2.50. The van der Waals surface area contributed by atoms with Crippen LogP contribution in [0, 0.1) is 12.7 Å². The first-order valence-corrected chi connectivity index (χ1v) is 9.50. The minimum atomic E-state index is -2.92. The summed E-state index contributed by atoms with van der Waals surface area (Å²) in [6, 6.07) is 10.6. The molecule has 3 N–H and O–H groups in total. The van der Waals surface area contributed by atoms with Gasteiger partial charge in [0.15, 0.2) is 5.96 Å². The third-order valence-electron chi connectivity index (χ3n) is 4.01. The van der Waals surface area contributed by atoms with E-state index in [4.69, 9.17) is 0 Å². The van der Waals surface area contributed by atoms with Crippen molar-refractivity contribution in [2.45, 2.75) is 27.0 Å². The van der Waals surface area contributed by atoms with Crippen molar-refractivity contribution in [2.24, 2.45) is 4.99 Å². The van der Waals surface area contributed by atoms with Gasteiger partial charge in [-0.3, -0.25) is 4.79 Å². The van der Waals surface area contributed by atoms with Crippen LogP contribution in [0.25, 0.3) is 0 Å². The summed E-state index contributed by atoms with van der Waals surface area (Å²) in [5.74, 6) is -0.572. The maximum atomic E-state index is 13.6. The molecule has 0 aromatic heterocycles. The highest BCUT2D eigenvalue weighted by Crippen LogP contribution is 2.22. The van der Waals surface area contributed by atoms with Gasteiger partial charge in [-0.25, -0.2) is 9.38 Å². The van der Waals surface area contributed by atoms with Gasteiger partial charge in [-0.2, -0.15) is 8.78 Å². The third kappa shape index (κ3) is 9.03. The number of carbonyl (C=O) groups is 1. The second kappa shape index (κ2) is 13.7. The number of nitrogens with one attached hydrogen (secondary N) is 3. The largest absolute Gasteiger partial charge is 0.434 e. The maximum Gasteiger partial charge on any atom is 0.387 e. The van der Waals surface area contributed by atoms with E-state index in [9.17, 15) is 18.0 Å². The summed E-state index contributed by atoms with van der Waals surface area (Å²) in [5.41, 5.74) is 1.40. The van der Waals surface area contributed by atoms with Crippen LogP contribution in [-0.4, -0.2) is 38.1 Å². The number of nitrogens with zero attached hydrogens (tertiary/aromatic N) is 1. The van der Waals surface area contributed by atoms with E-state index in [0.717, 1.165) is 5.56 Å². The van der Waals surface area contributed by atoms with Crippen molar-refractivity contribution in [2.75, 3.05) is 19.6 Å². The zero-order valence-electron chi connectivity index (χ0n) is 17.3. The Morgan fingerprint density at radius 3 is 2.48 bits per heavy atom. The number of hydrogen-bond acceptors (Lipinski definition) is 3. The Morgan fingerprint density at radius 1 is 1.10 bits per heavy atom. The first-order valence-electron chi connectivity index (χ1n) is 9.50. The highest BCUT2D eigenvalue weighted by atomic mass is 127. The Kier molecular flexibility index (Phi) is 11.8. The molecule has 31 heavy (non-hydrogen) atoms. The molecule has 0 fully saturated rings. The summed E-state index contributed by atoms with van der Waals surface area (Å²) in [4.78, 5) is 16.4. The molecule has 170 valence electrons. The predicted molar refractivity (Wildman–Crippen MR) is 125 cm³/mol. The van der Waals surface area contributed by atoms with Gasteiger partial charge in [0.25, 0.3) is 5.91 Å². The molecule has 0 saturated carbocycles. The average molecular weight is 550 g/mol. The Morgan fingerprint density at radius 2 is 1.81 bits per heavy atom. The van der Waals surface area contributed by atoms with Gasteiger partial charge in [0.05, 0.1) is 12.1 Å². The molecule has 0 aliphatic heterocycles. The monoisotopic (exact) mass is 550 g/mol. The predicted octanol–water partition coefficient (Wildman–Crippen LogP) is 3.84. The third-order valence-corrected chi connectivity index (χ3v) is 4.01. The molecule has 2 rings (SSSR count). The number of guanidine groups is 1. The zero-order valence-corrected chi connectivity index (χ0v) is 19.6. The first kappa shape index (κ1) is 26.5. The van der Waals surface area contributed by atoms with Crippen LogP contribution >= 0.6 is 24.0 Å². The molecule has 0 bridgehead atoms. The summed E-state index contributed by atoms with van der Waals surface area (Å²) in [7, 11) is 0. The van der Waals surface area contributed by atoms with Crippen molar-refractivity contribution in [3.05, 3.63) is 65.0 Å². The molecule has 2 aromatic carbocycles. The van der Waals surface area contributed by atoms with Crippen LogP contribution in [0.5, 0.6) is 5.75 Å². The molecule has 0 spiro atoms. The second-order valence-electron chi connectivity index (χ2n) is 6.35. The Bertz CT molecular complexity index is 881. The quantitative estimate of drug-likeness (QED) is 0.192. The maximum absolute atomic E-state index is 13.6. The molecule has 1 amide bonds. The summed E-state index contributed by atoms with van der Waals surface area (Å²) in [6.45, 7) is 2.10. The fourth-order valence-electron chi connectivity index (χ4n) is 2.65. The van der Waals surface area contributed by atoms with Crippen LogP contribution in [0.1, 0.15) is 28.4 Å². The van der Waals surface area contributed by atoms with Crippen molar-refractivity contribution in [3.63, 3.8) is 0 Å². The molecular weight excluding hydrogens is 524 g/mol. The number of alkyl halides is 2. The Balaban J connectivity index is 0.00000480. The molecule has 6 nitrogen and oxygen atoms in total. The van der Waals surface area contributed by atoms with E-state index in [0.29, 0.717) is 24.6 Å². The van der Waals surface area contributed by atoms with Crippen LogP contribution in [-0.2, 0) is 6.54 Å². The number of amides is 1. The molecule has 0 aliphatic carbocycles. The topological polar surface area (TPSA) is 74.8 Å². The van der Waals surface area contributed by atoms with Crippen molar-refractivity contribution in [1.29, 1.82) is 0 Å². The molecule has 0 atom stereocenters. The molecule has 0 radical (unpaired) electrons. The molecule has 0 heterocycles. The van der Waals surface area contributed by atoms with Crippen LogP contribution in [0.15, 0.2) is 47.5 Å². The van der Waals surface area contributed by atoms with E-state index in [2.05, 4.69) is 25.7 Å². The van der Waals surface area contributed by atoms with E-state index < -0.39 is 18.3 Å². The van der Waals surface area contributed by atoms with Gasteiger partial charge in [-0.05, 0) is 32.0 Å². The van der Waals surface area contributed by atoms with Crippen LogP contribution in [0.2, 0.25) is 0 Å². The standard InChI is InChI=1S/C21H25F3N4O2.HI/c1-3-25-21(27-11-10-26-19(29)16-6-4-5-7-17(16)22)28-13-15-12-14(2)8-9-18(15)30-20(23)24;/h4-9,12,20H,3,10-11,13H2,1-2H3,(H,26,29)(H2,25,27,28);1H. The van der Waals surface area contributed by atoms with E-state index in [-0.39, 0.29) is 48.4 Å². The summed E-state index contributed by atoms with van der Waals surface area (Å²) in [5, 5.41) is 8.68. The SMILES string of the molecule is CCNC(=NCc1cc(C)ccc1OC(F)F)NCCNC(=O)c1ccccc1F.I. The van der Waals surface area contributed by atoms with Crippen molar-refractivity contribution >= 4 is 35.8 Å². The Labute approximate surface area is 196 Å². The second-order valence-corrected chi connectivity index (χ2v) is 6.35. The van der Waals surface area contributed by atoms with Crippen LogP contribution in [0.4, 0.5) is 13.2 Å². The van der Waals surface area contributed by atoms with Crippen LogP contribution in [0.3, 0.4) is 0 Å². The van der Waals surface area contributed by atoms with Crippen molar-refractivity contribution in [3.8, 4) is 5.75 Å². The number of benzene rings is 2. The van der Waals surface area contributed by atoms with Crippen LogP contribution < -0.4 is 20.7 Å². The molecule has 0 aliphatic rings. The minimum Gasteiger partial charge on any atom is -0.434 e. The molecule has 0 unspecified atom stereocenters. The number of halogens is 4. The average Bonchev–Trinajstić information content (AvgIpc) is 2.70. The minimum absolute atomic E-state index is 0. The number of rotatable bonds is 9. The summed E-state index contributed by atoms with van der Waals surface area (Å²) < 4.78 is 43.4. The smallest absolute Gasteiger partial charge is 0.387 e. The van der Waals surface area contributed by atoms with Gasteiger partial charge in [0.2, 0.25) is 0 Å². The first-order chi connectivity index (χ1) is 14.4. The lowest BCUT2D eigenvalue weighted by Crippen LogP contribution is -2.41. The van der Waals surface area contributed by atoms with Gasteiger partial charge >= 0.3 is 6.61 Å². The van der Waals surface area contributed by atoms with E-state index in [1.54, 1.807) is 18.2 Å². The summed E-state index contributed by atoms with van der Waals surface area (Å²) in [6.07, 6.45) is 0. The van der Waals surface area contributed by atoms with Gasteiger partial charge < -0.3 is 20.7 Å². The lowest BCUT2D eigenvalue weighted by Gasteiger charge is -2.13. The van der Waals surface area contributed by atoms with Crippen molar-refractivity contribution in [1.82, 2.24) is 16.0 Å². The molecule has 10 heteroatoms. The highest BCUT2D eigenvalue weighted by molar-refractivity contribution is 14.0.